The largest absolute Gasteiger partial charge is 0.313 e. The lowest BCUT2D eigenvalue weighted by atomic mass is 9.92. The fraction of sp³-hybridized carbons (Fsp3) is 0.529. The molecule has 0 aliphatic rings. The summed E-state index contributed by atoms with van der Waals surface area (Å²) in [7, 11) is 0. The van der Waals surface area contributed by atoms with Gasteiger partial charge in [0.2, 0.25) is 0 Å². The van der Waals surface area contributed by atoms with Crippen LogP contribution in [0.25, 0.3) is 10.8 Å². The van der Waals surface area contributed by atoms with Gasteiger partial charge in [0.05, 0.1) is 11.4 Å². The molecule has 2 rings (SSSR count). The summed E-state index contributed by atoms with van der Waals surface area (Å²) >= 11 is 0. The zero-order valence-electron chi connectivity index (χ0n) is 13.0. The maximum absolute atomic E-state index is 4.49. The molecule has 0 saturated heterocycles. The van der Waals surface area contributed by atoms with Crippen LogP contribution < -0.4 is 5.32 Å². The summed E-state index contributed by atoms with van der Waals surface area (Å²) in [5.41, 5.74) is 2.12. The topological polar surface area (TPSA) is 37.8 Å². The highest BCUT2D eigenvalue weighted by Crippen LogP contribution is 2.27. The molecule has 3 nitrogen and oxygen atoms in total. The van der Waals surface area contributed by atoms with E-state index in [1.165, 1.54) is 10.8 Å². The Labute approximate surface area is 121 Å². The molecule has 0 fully saturated rings. The summed E-state index contributed by atoms with van der Waals surface area (Å²) in [6.45, 7) is 9.76. The molecule has 2 aromatic rings. The van der Waals surface area contributed by atoms with E-state index in [1.54, 1.807) is 0 Å². The summed E-state index contributed by atoms with van der Waals surface area (Å²) in [6.07, 6.45) is 2.26. The molecule has 0 spiro atoms. The van der Waals surface area contributed by atoms with Crippen molar-refractivity contribution < 1.29 is 0 Å². The summed E-state index contributed by atoms with van der Waals surface area (Å²) in [5.74, 6) is 0.365. The fourth-order valence-corrected chi connectivity index (χ4v) is 2.79. The van der Waals surface area contributed by atoms with Crippen LogP contribution in [0.1, 0.15) is 50.9 Å². The number of aryl methyl sites for hydroxylation is 1. The smallest absolute Gasteiger partial charge is 0.0753 e. The van der Waals surface area contributed by atoms with E-state index in [4.69, 9.17) is 0 Å². The number of fused-ring (bicyclic) bond motifs is 1. The number of hydrogen-bond acceptors (Lipinski definition) is 3. The molecular weight excluding hydrogens is 246 g/mol. The van der Waals surface area contributed by atoms with Crippen LogP contribution in [0.2, 0.25) is 0 Å². The fourth-order valence-electron chi connectivity index (χ4n) is 2.79. The molecule has 20 heavy (non-hydrogen) atoms. The first-order valence-electron chi connectivity index (χ1n) is 7.64. The van der Waals surface area contributed by atoms with Gasteiger partial charge in [0.25, 0.3) is 0 Å². The predicted molar refractivity (Wildman–Crippen MR) is 85.1 cm³/mol. The van der Waals surface area contributed by atoms with Crippen LogP contribution >= 0.6 is 0 Å². The standard InChI is InChI=1S/C17H25N3/c1-5-11-18-16(6-2)12(3)17-15-10-8-7-9-14(15)13(4)19-20-17/h7-10,12,16,18H,5-6,11H2,1-4H3. The van der Waals surface area contributed by atoms with Crippen LogP contribution in [0, 0.1) is 6.92 Å². The minimum absolute atomic E-state index is 0.365. The first-order valence-corrected chi connectivity index (χ1v) is 7.64. The molecule has 1 N–H and O–H groups in total. The second-order valence-corrected chi connectivity index (χ2v) is 5.47. The van der Waals surface area contributed by atoms with Crippen molar-refractivity contribution in [3.8, 4) is 0 Å². The van der Waals surface area contributed by atoms with Crippen molar-refractivity contribution in [2.45, 2.75) is 52.5 Å². The second-order valence-electron chi connectivity index (χ2n) is 5.47. The summed E-state index contributed by atoms with van der Waals surface area (Å²) in [6, 6.07) is 8.90. The molecule has 0 radical (unpaired) electrons. The predicted octanol–water partition coefficient (Wildman–Crippen LogP) is 3.82. The first kappa shape index (κ1) is 14.9. The van der Waals surface area contributed by atoms with Crippen molar-refractivity contribution in [2.75, 3.05) is 6.54 Å². The van der Waals surface area contributed by atoms with E-state index in [0.717, 1.165) is 30.8 Å². The number of aromatic nitrogens is 2. The molecule has 3 heteroatoms. The Bertz CT molecular complexity index is 565. The lowest BCUT2D eigenvalue weighted by molar-refractivity contribution is 0.432. The normalized spacial score (nSPS) is 14.4. The second kappa shape index (κ2) is 6.80. The van der Waals surface area contributed by atoms with E-state index in [0.29, 0.717) is 12.0 Å². The molecule has 0 aliphatic heterocycles. The van der Waals surface area contributed by atoms with Crippen molar-refractivity contribution in [2.24, 2.45) is 0 Å². The molecule has 1 aromatic carbocycles. The minimum atomic E-state index is 0.365. The lowest BCUT2D eigenvalue weighted by Crippen LogP contribution is -2.34. The van der Waals surface area contributed by atoms with Crippen molar-refractivity contribution in [1.29, 1.82) is 0 Å². The maximum Gasteiger partial charge on any atom is 0.0753 e. The van der Waals surface area contributed by atoms with Crippen molar-refractivity contribution in [3.63, 3.8) is 0 Å². The molecule has 0 amide bonds. The van der Waals surface area contributed by atoms with Gasteiger partial charge in [-0.3, -0.25) is 0 Å². The highest BCUT2D eigenvalue weighted by Gasteiger charge is 2.20. The Morgan fingerprint density at radius 3 is 2.45 bits per heavy atom. The number of rotatable bonds is 6. The third kappa shape index (κ3) is 2.98. The Hall–Kier alpha value is -1.48. The molecular formula is C17H25N3. The van der Waals surface area contributed by atoms with Gasteiger partial charge in [0.15, 0.2) is 0 Å². The maximum atomic E-state index is 4.49. The highest BCUT2D eigenvalue weighted by molar-refractivity contribution is 5.86. The number of hydrogen-bond donors (Lipinski definition) is 1. The number of benzene rings is 1. The highest BCUT2D eigenvalue weighted by atomic mass is 15.1. The van der Waals surface area contributed by atoms with Gasteiger partial charge in [0.1, 0.15) is 0 Å². The van der Waals surface area contributed by atoms with E-state index < -0.39 is 0 Å². The molecule has 1 heterocycles. The molecule has 0 aliphatic carbocycles. The zero-order valence-corrected chi connectivity index (χ0v) is 13.0. The van der Waals surface area contributed by atoms with Crippen molar-refractivity contribution in [3.05, 3.63) is 35.7 Å². The van der Waals surface area contributed by atoms with Gasteiger partial charge in [-0.15, -0.1) is 0 Å². The Morgan fingerprint density at radius 2 is 1.80 bits per heavy atom. The van der Waals surface area contributed by atoms with Crippen LogP contribution in [0.5, 0.6) is 0 Å². The van der Waals surface area contributed by atoms with E-state index in [9.17, 15) is 0 Å². The van der Waals surface area contributed by atoms with Gasteiger partial charge in [0, 0.05) is 22.7 Å². The average molecular weight is 271 g/mol. The van der Waals surface area contributed by atoms with Gasteiger partial charge in [-0.1, -0.05) is 45.0 Å². The van der Waals surface area contributed by atoms with Gasteiger partial charge < -0.3 is 5.32 Å². The van der Waals surface area contributed by atoms with Gasteiger partial charge in [-0.05, 0) is 26.3 Å². The molecule has 2 atom stereocenters. The summed E-state index contributed by atoms with van der Waals surface area (Å²) in [4.78, 5) is 0. The molecule has 1 aromatic heterocycles. The average Bonchev–Trinajstić information content (AvgIpc) is 2.48. The number of nitrogens with one attached hydrogen (secondary N) is 1. The Kier molecular flexibility index (Phi) is 5.07. The van der Waals surface area contributed by atoms with Crippen molar-refractivity contribution >= 4 is 10.8 Å². The third-order valence-electron chi connectivity index (χ3n) is 4.03. The molecule has 0 bridgehead atoms. The molecule has 2 unspecified atom stereocenters. The minimum Gasteiger partial charge on any atom is -0.313 e. The quantitative estimate of drug-likeness (QED) is 0.868. The monoisotopic (exact) mass is 271 g/mol. The van der Waals surface area contributed by atoms with Crippen LogP contribution in [-0.2, 0) is 0 Å². The van der Waals surface area contributed by atoms with E-state index in [1.807, 2.05) is 6.92 Å². The first-order chi connectivity index (χ1) is 9.69. The summed E-state index contributed by atoms with van der Waals surface area (Å²) in [5, 5.41) is 14.9. The third-order valence-corrected chi connectivity index (χ3v) is 4.03. The van der Waals surface area contributed by atoms with Gasteiger partial charge in [-0.2, -0.15) is 10.2 Å². The zero-order chi connectivity index (χ0) is 14.5. The van der Waals surface area contributed by atoms with Crippen LogP contribution in [-0.4, -0.2) is 22.8 Å². The molecule has 108 valence electrons. The van der Waals surface area contributed by atoms with E-state index in [-0.39, 0.29) is 0 Å². The van der Waals surface area contributed by atoms with Gasteiger partial charge >= 0.3 is 0 Å². The van der Waals surface area contributed by atoms with E-state index in [2.05, 4.69) is 60.6 Å². The summed E-state index contributed by atoms with van der Waals surface area (Å²) < 4.78 is 0. The number of nitrogens with zero attached hydrogens (tertiary/aromatic N) is 2. The van der Waals surface area contributed by atoms with Crippen LogP contribution in [0.4, 0.5) is 0 Å². The van der Waals surface area contributed by atoms with Crippen LogP contribution in [0.3, 0.4) is 0 Å². The van der Waals surface area contributed by atoms with Crippen LogP contribution in [0.15, 0.2) is 24.3 Å². The molecule has 0 saturated carbocycles. The lowest BCUT2D eigenvalue weighted by Gasteiger charge is -2.24. The van der Waals surface area contributed by atoms with Crippen molar-refractivity contribution in [1.82, 2.24) is 15.5 Å². The SMILES string of the molecule is CCCNC(CC)C(C)c1nnc(C)c2ccccc12. The van der Waals surface area contributed by atoms with Gasteiger partial charge in [-0.25, -0.2) is 0 Å². The Morgan fingerprint density at radius 1 is 1.10 bits per heavy atom. The Balaban J connectivity index is 2.38. The van der Waals surface area contributed by atoms with E-state index >= 15 is 0 Å².